The van der Waals surface area contributed by atoms with Gasteiger partial charge in [0.2, 0.25) is 0 Å². The van der Waals surface area contributed by atoms with E-state index in [2.05, 4.69) is 26.2 Å². The SMILES string of the molecule is O=C(N[C@H](c1ccccc1)c1ccccn1)c1csc(Br)c1. The number of benzene rings is 1. The summed E-state index contributed by atoms with van der Waals surface area (Å²) in [6.07, 6.45) is 1.73. The van der Waals surface area contributed by atoms with Gasteiger partial charge < -0.3 is 5.32 Å². The van der Waals surface area contributed by atoms with Gasteiger partial charge in [-0.25, -0.2) is 0 Å². The predicted octanol–water partition coefficient (Wildman–Crippen LogP) is 4.43. The molecule has 2 aromatic heterocycles. The van der Waals surface area contributed by atoms with Crippen molar-refractivity contribution >= 4 is 33.2 Å². The maximum Gasteiger partial charge on any atom is 0.252 e. The van der Waals surface area contributed by atoms with Crippen molar-refractivity contribution in [3.63, 3.8) is 0 Å². The van der Waals surface area contributed by atoms with Crippen LogP contribution in [0.25, 0.3) is 0 Å². The van der Waals surface area contributed by atoms with Crippen LogP contribution in [-0.4, -0.2) is 10.9 Å². The lowest BCUT2D eigenvalue weighted by Gasteiger charge is -2.18. The minimum absolute atomic E-state index is 0.110. The first-order chi connectivity index (χ1) is 10.7. The van der Waals surface area contributed by atoms with Crippen molar-refractivity contribution in [2.75, 3.05) is 0 Å². The zero-order valence-corrected chi connectivity index (χ0v) is 14.0. The van der Waals surface area contributed by atoms with Crippen LogP contribution in [0.15, 0.2) is 70.0 Å². The van der Waals surface area contributed by atoms with Crippen LogP contribution in [0, 0.1) is 0 Å². The quantitative estimate of drug-likeness (QED) is 0.736. The largest absolute Gasteiger partial charge is 0.340 e. The minimum Gasteiger partial charge on any atom is -0.340 e. The molecule has 0 unspecified atom stereocenters. The molecule has 0 fully saturated rings. The lowest BCUT2D eigenvalue weighted by Crippen LogP contribution is -2.29. The van der Waals surface area contributed by atoms with E-state index in [1.807, 2.05) is 60.0 Å². The smallest absolute Gasteiger partial charge is 0.252 e. The number of aromatic nitrogens is 1. The molecule has 0 aliphatic carbocycles. The van der Waals surface area contributed by atoms with Gasteiger partial charge in [-0.2, -0.15) is 0 Å². The van der Waals surface area contributed by atoms with Crippen molar-refractivity contribution in [2.45, 2.75) is 6.04 Å². The third-order valence-corrected chi connectivity index (χ3v) is 4.73. The highest BCUT2D eigenvalue weighted by atomic mass is 79.9. The van der Waals surface area contributed by atoms with Crippen molar-refractivity contribution in [1.29, 1.82) is 0 Å². The standard InChI is InChI=1S/C17H13BrN2OS/c18-15-10-13(11-22-15)17(21)20-16(12-6-2-1-3-7-12)14-8-4-5-9-19-14/h1-11,16H,(H,20,21)/t16-/m1/s1. The lowest BCUT2D eigenvalue weighted by molar-refractivity contribution is 0.0942. The van der Waals surface area contributed by atoms with Crippen LogP contribution < -0.4 is 5.32 Å². The summed E-state index contributed by atoms with van der Waals surface area (Å²) in [7, 11) is 0. The summed E-state index contributed by atoms with van der Waals surface area (Å²) in [5.41, 5.74) is 2.47. The molecule has 3 nitrogen and oxygen atoms in total. The van der Waals surface area contributed by atoms with Gasteiger partial charge in [0.15, 0.2) is 0 Å². The Morgan fingerprint density at radius 2 is 1.91 bits per heavy atom. The summed E-state index contributed by atoms with van der Waals surface area (Å²) >= 11 is 4.87. The molecule has 0 radical (unpaired) electrons. The molecule has 2 heterocycles. The van der Waals surface area contributed by atoms with Crippen LogP contribution in [0.5, 0.6) is 0 Å². The number of hydrogen-bond acceptors (Lipinski definition) is 3. The zero-order valence-electron chi connectivity index (χ0n) is 11.6. The minimum atomic E-state index is -0.270. The molecular formula is C17H13BrN2OS. The Balaban J connectivity index is 1.91. The van der Waals surface area contributed by atoms with Gasteiger partial charge >= 0.3 is 0 Å². The zero-order chi connectivity index (χ0) is 15.4. The van der Waals surface area contributed by atoms with Crippen LogP contribution in [0.3, 0.4) is 0 Å². The molecular weight excluding hydrogens is 360 g/mol. The molecule has 0 aliphatic heterocycles. The van der Waals surface area contributed by atoms with E-state index in [4.69, 9.17) is 0 Å². The monoisotopic (exact) mass is 372 g/mol. The number of pyridine rings is 1. The molecule has 3 aromatic rings. The highest BCUT2D eigenvalue weighted by Crippen LogP contribution is 2.23. The highest BCUT2D eigenvalue weighted by molar-refractivity contribution is 9.11. The van der Waals surface area contributed by atoms with Gasteiger partial charge in [-0.05, 0) is 39.7 Å². The fraction of sp³-hybridized carbons (Fsp3) is 0.0588. The molecule has 0 saturated carbocycles. The van der Waals surface area contributed by atoms with E-state index in [9.17, 15) is 4.79 Å². The fourth-order valence-corrected chi connectivity index (χ4v) is 3.30. The van der Waals surface area contributed by atoms with Crippen molar-refractivity contribution < 1.29 is 4.79 Å². The molecule has 1 amide bonds. The summed E-state index contributed by atoms with van der Waals surface area (Å²) < 4.78 is 0.937. The van der Waals surface area contributed by atoms with Gasteiger partial charge in [-0.3, -0.25) is 9.78 Å². The number of nitrogens with one attached hydrogen (secondary N) is 1. The second kappa shape index (κ2) is 6.85. The van der Waals surface area contributed by atoms with E-state index in [1.165, 1.54) is 11.3 Å². The second-order valence-corrected chi connectivity index (χ2v) is 7.00. The van der Waals surface area contributed by atoms with Crippen LogP contribution in [0.4, 0.5) is 0 Å². The lowest BCUT2D eigenvalue weighted by atomic mass is 10.0. The first-order valence-corrected chi connectivity index (χ1v) is 8.42. The van der Waals surface area contributed by atoms with Crippen molar-refractivity contribution in [1.82, 2.24) is 10.3 Å². The summed E-state index contributed by atoms with van der Waals surface area (Å²) in [6.45, 7) is 0. The number of carbonyl (C=O) groups is 1. The van der Waals surface area contributed by atoms with Gasteiger partial charge in [0.05, 0.1) is 21.1 Å². The summed E-state index contributed by atoms with van der Waals surface area (Å²) in [4.78, 5) is 16.8. The Bertz CT molecular complexity index is 719. The van der Waals surface area contributed by atoms with Crippen molar-refractivity contribution in [3.05, 3.63) is 86.8 Å². The number of hydrogen-bond donors (Lipinski definition) is 1. The van der Waals surface area contributed by atoms with Gasteiger partial charge in [0.1, 0.15) is 0 Å². The predicted molar refractivity (Wildman–Crippen MR) is 92.0 cm³/mol. The average Bonchev–Trinajstić information content (AvgIpc) is 3.01. The Kier molecular flexibility index (Phi) is 4.65. The van der Waals surface area contributed by atoms with Crippen LogP contribution in [-0.2, 0) is 0 Å². The number of carbonyl (C=O) groups excluding carboxylic acids is 1. The van der Waals surface area contributed by atoms with Crippen LogP contribution >= 0.6 is 27.3 Å². The maximum absolute atomic E-state index is 12.5. The number of thiophene rings is 1. The highest BCUT2D eigenvalue weighted by Gasteiger charge is 2.19. The Morgan fingerprint density at radius 1 is 1.14 bits per heavy atom. The molecule has 0 spiro atoms. The number of halogens is 1. The molecule has 22 heavy (non-hydrogen) atoms. The molecule has 1 atom stereocenters. The molecule has 3 rings (SSSR count). The summed E-state index contributed by atoms with van der Waals surface area (Å²) in [5.74, 6) is -0.110. The van der Waals surface area contributed by atoms with E-state index >= 15 is 0 Å². The Morgan fingerprint density at radius 3 is 2.55 bits per heavy atom. The van der Waals surface area contributed by atoms with Gasteiger partial charge in [-0.15, -0.1) is 11.3 Å². The second-order valence-electron chi connectivity index (χ2n) is 4.71. The summed E-state index contributed by atoms with van der Waals surface area (Å²) in [6, 6.07) is 17.1. The number of amides is 1. The molecule has 110 valence electrons. The Hall–Kier alpha value is -1.98. The van der Waals surface area contributed by atoms with E-state index in [0.29, 0.717) is 5.56 Å². The summed E-state index contributed by atoms with van der Waals surface area (Å²) in [5, 5.41) is 4.90. The van der Waals surface area contributed by atoms with Crippen LogP contribution in [0.1, 0.15) is 27.7 Å². The van der Waals surface area contributed by atoms with Gasteiger partial charge in [0.25, 0.3) is 5.91 Å². The van der Waals surface area contributed by atoms with Crippen LogP contribution in [0.2, 0.25) is 0 Å². The molecule has 0 aliphatic rings. The molecule has 5 heteroatoms. The number of rotatable bonds is 4. The van der Waals surface area contributed by atoms with Gasteiger partial charge in [0, 0.05) is 11.6 Å². The first kappa shape index (κ1) is 14.9. The molecule has 0 saturated heterocycles. The van der Waals surface area contributed by atoms with E-state index in [0.717, 1.165) is 15.0 Å². The van der Waals surface area contributed by atoms with E-state index in [-0.39, 0.29) is 11.9 Å². The fourth-order valence-electron chi connectivity index (χ4n) is 2.16. The number of nitrogens with zero attached hydrogens (tertiary/aromatic N) is 1. The molecule has 0 bridgehead atoms. The average molecular weight is 373 g/mol. The maximum atomic E-state index is 12.5. The molecule has 1 N–H and O–H groups in total. The van der Waals surface area contributed by atoms with E-state index in [1.54, 1.807) is 6.20 Å². The normalized spacial score (nSPS) is 11.9. The third-order valence-electron chi connectivity index (χ3n) is 3.22. The Labute approximate surface area is 141 Å². The van der Waals surface area contributed by atoms with Crippen molar-refractivity contribution in [2.24, 2.45) is 0 Å². The van der Waals surface area contributed by atoms with Gasteiger partial charge in [-0.1, -0.05) is 36.4 Å². The van der Waals surface area contributed by atoms with E-state index < -0.39 is 0 Å². The molecule has 1 aromatic carbocycles. The topological polar surface area (TPSA) is 42.0 Å². The van der Waals surface area contributed by atoms with Crippen molar-refractivity contribution in [3.8, 4) is 0 Å². The first-order valence-electron chi connectivity index (χ1n) is 6.75. The third kappa shape index (κ3) is 3.43.